The van der Waals surface area contributed by atoms with E-state index < -0.39 is 0 Å². The minimum absolute atomic E-state index is 0.103. The number of nitrogens with two attached hydrogens (primary N) is 1. The molecule has 0 amide bonds. The maximum atomic E-state index is 7.62. The maximum absolute atomic E-state index is 7.62. The SMILES string of the molecule is CCN(CC1CC1)c1cc(Cl)ccc1C(=N)N. The van der Waals surface area contributed by atoms with Crippen LogP contribution in [0.3, 0.4) is 0 Å². The number of hydrogen-bond acceptors (Lipinski definition) is 2. The Hall–Kier alpha value is -1.22. The third kappa shape index (κ3) is 2.91. The summed E-state index contributed by atoms with van der Waals surface area (Å²) in [6.45, 7) is 4.07. The van der Waals surface area contributed by atoms with E-state index in [4.69, 9.17) is 22.7 Å². The summed E-state index contributed by atoms with van der Waals surface area (Å²) in [4.78, 5) is 2.26. The van der Waals surface area contributed by atoms with Gasteiger partial charge in [-0.05, 0) is 43.9 Å². The van der Waals surface area contributed by atoms with Crippen molar-refractivity contribution in [1.82, 2.24) is 0 Å². The summed E-state index contributed by atoms with van der Waals surface area (Å²) in [6, 6.07) is 5.52. The number of nitrogens with one attached hydrogen (secondary N) is 1. The van der Waals surface area contributed by atoms with Crippen LogP contribution in [0, 0.1) is 11.3 Å². The van der Waals surface area contributed by atoms with Crippen molar-refractivity contribution in [3.8, 4) is 0 Å². The Morgan fingerprint density at radius 1 is 1.53 bits per heavy atom. The van der Waals surface area contributed by atoms with Gasteiger partial charge < -0.3 is 10.6 Å². The van der Waals surface area contributed by atoms with Gasteiger partial charge in [0, 0.05) is 29.4 Å². The molecule has 1 aliphatic carbocycles. The van der Waals surface area contributed by atoms with Gasteiger partial charge in [0.15, 0.2) is 0 Å². The molecule has 0 aliphatic heterocycles. The predicted octanol–water partition coefficient (Wildman–Crippen LogP) is 2.86. The van der Waals surface area contributed by atoms with Crippen LogP contribution < -0.4 is 10.6 Å². The molecule has 0 atom stereocenters. The van der Waals surface area contributed by atoms with Gasteiger partial charge in [-0.3, -0.25) is 5.41 Å². The maximum Gasteiger partial charge on any atom is 0.124 e. The lowest BCUT2D eigenvalue weighted by Gasteiger charge is -2.25. The van der Waals surface area contributed by atoms with Crippen molar-refractivity contribution in [2.45, 2.75) is 19.8 Å². The van der Waals surface area contributed by atoms with Gasteiger partial charge in [0.05, 0.1) is 0 Å². The van der Waals surface area contributed by atoms with Crippen molar-refractivity contribution in [2.75, 3.05) is 18.0 Å². The first-order valence-corrected chi connectivity index (χ1v) is 6.38. The smallest absolute Gasteiger partial charge is 0.124 e. The summed E-state index contributed by atoms with van der Waals surface area (Å²) in [6.07, 6.45) is 2.62. The second kappa shape index (κ2) is 4.96. The average Bonchev–Trinajstić information content (AvgIpc) is 3.09. The Morgan fingerprint density at radius 2 is 2.24 bits per heavy atom. The van der Waals surface area contributed by atoms with E-state index in [-0.39, 0.29) is 5.84 Å². The van der Waals surface area contributed by atoms with Gasteiger partial charge in [-0.2, -0.15) is 0 Å². The second-order valence-corrected chi connectivity index (χ2v) is 4.99. The molecule has 17 heavy (non-hydrogen) atoms. The summed E-state index contributed by atoms with van der Waals surface area (Å²) >= 11 is 6.04. The van der Waals surface area contributed by atoms with Gasteiger partial charge in [-0.25, -0.2) is 0 Å². The zero-order valence-electron chi connectivity index (χ0n) is 10.0. The molecule has 1 aromatic carbocycles. The van der Waals surface area contributed by atoms with Gasteiger partial charge in [-0.15, -0.1) is 0 Å². The van der Waals surface area contributed by atoms with E-state index in [1.165, 1.54) is 12.8 Å². The third-order valence-electron chi connectivity index (χ3n) is 3.15. The van der Waals surface area contributed by atoms with E-state index >= 15 is 0 Å². The number of nitrogens with zero attached hydrogens (tertiary/aromatic N) is 1. The van der Waals surface area contributed by atoms with Gasteiger partial charge in [-0.1, -0.05) is 11.6 Å². The molecule has 0 saturated heterocycles. The van der Waals surface area contributed by atoms with E-state index in [1.807, 2.05) is 12.1 Å². The molecule has 4 heteroatoms. The van der Waals surface area contributed by atoms with Gasteiger partial charge in [0.25, 0.3) is 0 Å². The molecule has 1 aromatic rings. The van der Waals surface area contributed by atoms with Crippen molar-refractivity contribution >= 4 is 23.1 Å². The van der Waals surface area contributed by atoms with Gasteiger partial charge in [0.1, 0.15) is 5.84 Å². The molecule has 0 aromatic heterocycles. The Bertz CT molecular complexity index is 427. The Kier molecular flexibility index (Phi) is 3.57. The summed E-state index contributed by atoms with van der Waals surface area (Å²) in [7, 11) is 0. The Labute approximate surface area is 107 Å². The molecule has 0 unspecified atom stereocenters. The molecule has 0 heterocycles. The first-order valence-electron chi connectivity index (χ1n) is 6.00. The topological polar surface area (TPSA) is 53.1 Å². The van der Waals surface area contributed by atoms with Crippen molar-refractivity contribution in [3.63, 3.8) is 0 Å². The number of rotatable bonds is 5. The minimum Gasteiger partial charge on any atom is -0.384 e. The lowest BCUT2D eigenvalue weighted by molar-refractivity contribution is 0.741. The molecule has 2 rings (SSSR count). The molecule has 0 spiro atoms. The zero-order valence-corrected chi connectivity index (χ0v) is 10.8. The molecule has 0 bridgehead atoms. The van der Waals surface area contributed by atoms with Crippen molar-refractivity contribution in [3.05, 3.63) is 28.8 Å². The van der Waals surface area contributed by atoms with Crippen molar-refractivity contribution in [1.29, 1.82) is 5.41 Å². The summed E-state index contributed by atoms with van der Waals surface area (Å²) in [5.74, 6) is 0.902. The highest BCUT2D eigenvalue weighted by molar-refractivity contribution is 6.31. The predicted molar refractivity (Wildman–Crippen MR) is 73.1 cm³/mol. The molecule has 0 radical (unpaired) electrons. The van der Waals surface area contributed by atoms with Gasteiger partial charge in [0.2, 0.25) is 0 Å². The molecular weight excluding hydrogens is 234 g/mol. The summed E-state index contributed by atoms with van der Waals surface area (Å²) in [5.41, 5.74) is 7.38. The second-order valence-electron chi connectivity index (χ2n) is 4.56. The van der Waals surface area contributed by atoms with E-state index in [1.54, 1.807) is 6.07 Å². The zero-order chi connectivity index (χ0) is 12.4. The van der Waals surface area contributed by atoms with Crippen LogP contribution in [0.4, 0.5) is 5.69 Å². The van der Waals surface area contributed by atoms with Crippen LogP contribution >= 0.6 is 11.6 Å². The summed E-state index contributed by atoms with van der Waals surface area (Å²) < 4.78 is 0. The van der Waals surface area contributed by atoms with Crippen LogP contribution in [0.2, 0.25) is 5.02 Å². The average molecular weight is 252 g/mol. The molecule has 1 saturated carbocycles. The minimum atomic E-state index is 0.103. The fourth-order valence-corrected chi connectivity index (χ4v) is 2.17. The van der Waals surface area contributed by atoms with E-state index in [0.29, 0.717) is 5.02 Å². The summed E-state index contributed by atoms with van der Waals surface area (Å²) in [5, 5.41) is 8.32. The molecule has 3 nitrogen and oxygen atoms in total. The standard InChI is InChI=1S/C13H18ClN3/c1-2-17(8-9-3-4-9)12-7-10(14)5-6-11(12)13(15)16/h5-7,9H,2-4,8H2,1H3,(H3,15,16). The molecular formula is C13H18ClN3. The van der Waals surface area contributed by atoms with E-state index in [0.717, 1.165) is 30.3 Å². The number of nitrogen functional groups attached to an aromatic ring is 1. The number of anilines is 1. The van der Waals surface area contributed by atoms with Crippen LogP contribution in [0.15, 0.2) is 18.2 Å². The van der Waals surface area contributed by atoms with Crippen LogP contribution in [0.25, 0.3) is 0 Å². The highest BCUT2D eigenvalue weighted by Crippen LogP contribution is 2.33. The first-order chi connectivity index (χ1) is 8.11. The molecule has 92 valence electrons. The van der Waals surface area contributed by atoms with Crippen LogP contribution in [0.5, 0.6) is 0 Å². The van der Waals surface area contributed by atoms with Crippen LogP contribution in [-0.4, -0.2) is 18.9 Å². The van der Waals surface area contributed by atoms with Crippen molar-refractivity contribution < 1.29 is 0 Å². The van der Waals surface area contributed by atoms with Gasteiger partial charge >= 0.3 is 0 Å². The Morgan fingerprint density at radius 3 is 2.76 bits per heavy atom. The van der Waals surface area contributed by atoms with Crippen molar-refractivity contribution in [2.24, 2.45) is 11.7 Å². The number of amidine groups is 1. The normalized spacial score (nSPS) is 14.7. The van der Waals surface area contributed by atoms with E-state index in [2.05, 4.69) is 11.8 Å². The number of hydrogen-bond donors (Lipinski definition) is 2. The Balaban J connectivity index is 2.31. The molecule has 1 fully saturated rings. The third-order valence-corrected chi connectivity index (χ3v) is 3.38. The van der Waals surface area contributed by atoms with Crippen LogP contribution in [-0.2, 0) is 0 Å². The highest BCUT2D eigenvalue weighted by Gasteiger charge is 2.25. The molecule has 1 aliphatic rings. The number of benzene rings is 1. The fraction of sp³-hybridized carbons (Fsp3) is 0.462. The number of halogens is 1. The molecule has 3 N–H and O–H groups in total. The lowest BCUT2D eigenvalue weighted by atomic mass is 10.1. The monoisotopic (exact) mass is 251 g/mol. The quantitative estimate of drug-likeness (QED) is 0.625. The highest BCUT2D eigenvalue weighted by atomic mass is 35.5. The lowest BCUT2D eigenvalue weighted by Crippen LogP contribution is -2.28. The fourth-order valence-electron chi connectivity index (χ4n) is 2.00. The van der Waals surface area contributed by atoms with E-state index in [9.17, 15) is 0 Å². The van der Waals surface area contributed by atoms with Crippen LogP contribution in [0.1, 0.15) is 25.3 Å². The first kappa shape index (κ1) is 12.2. The largest absolute Gasteiger partial charge is 0.384 e.